The number of benzene rings is 2. The Bertz CT molecular complexity index is 715. The van der Waals surface area contributed by atoms with Crippen LogP contribution in [0.3, 0.4) is 0 Å². The molecule has 0 aliphatic carbocycles. The van der Waals surface area contributed by atoms with Crippen LogP contribution in [0.25, 0.3) is 0 Å². The highest BCUT2D eigenvalue weighted by molar-refractivity contribution is 7.82. The van der Waals surface area contributed by atoms with Crippen LogP contribution in [0, 0.1) is 0 Å². The van der Waals surface area contributed by atoms with Crippen LogP contribution in [-0.2, 0) is 0 Å². The second kappa shape index (κ2) is 7.90. The molecule has 23 heavy (non-hydrogen) atoms. The van der Waals surface area contributed by atoms with Gasteiger partial charge in [-0.1, -0.05) is 42.5 Å². The number of primary amides is 1. The largest absolute Gasteiger partial charge is 0.497 e. The van der Waals surface area contributed by atoms with Crippen molar-refractivity contribution < 1.29 is 9.53 Å². The van der Waals surface area contributed by atoms with Crippen LogP contribution >= 0.6 is 12.2 Å². The van der Waals surface area contributed by atoms with Crippen LogP contribution in [0.4, 0.5) is 10.5 Å². The average molecular weight is 328 g/mol. The van der Waals surface area contributed by atoms with Gasteiger partial charge in [-0.05, 0) is 24.3 Å². The predicted molar refractivity (Wildman–Crippen MR) is 94.9 cm³/mol. The lowest BCUT2D eigenvalue weighted by atomic mass is 10.1. The molecule has 0 saturated heterocycles. The molecule has 0 bridgehead atoms. The van der Waals surface area contributed by atoms with Gasteiger partial charge in [-0.15, -0.1) is 0 Å². The van der Waals surface area contributed by atoms with Crippen molar-refractivity contribution in [3.63, 3.8) is 0 Å². The fourth-order valence-corrected chi connectivity index (χ4v) is 2.10. The highest BCUT2D eigenvalue weighted by Crippen LogP contribution is 2.16. The molecule has 0 saturated carbocycles. The number of amides is 2. The summed E-state index contributed by atoms with van der Waals surface area (Å²) in [4.78, 5) is 11.3. The molecule has 4 N–H and O–H groups in total. The number of anilines is 1. The highest BCUT2D eigenvalue weighted by atomic mass is 32.1. The summed E-state index contributed by atoms with van der Waals surface area (Å²) in [5.41, 5.74) is 9.22. The average Bonchev–Trinajstić information content (AvgIpc) is 2.56. The molecule has 0 aliphatic heterocycles. The van der Waals surface area contributed by atoms with Gasteiger partial charge in [-0.3, -0.25) is 0 Å². The van der Waals surface area contributed by atoms with Crippen molar-refractivity contribution >= 4 is 34.6 Å². The van der Waals surface area contributed by atoms with E-state index in [9.17, 15) is 4.79 Å². The van der Waals surface area contributed by atoms with Gasteiger partial charge >= 0.3 is 6.03 Å². The zero-order valence-electron chi connectivity index (χ0n) is 12.4. The van der Waals surface area contributed by atoms with E-state index in [-0.39, 0.29) is 0 Å². The highest BCUT2D eigenvalue weighted by Gasteiger charge is 2.11. The van der Waals surface area contributed by atoms with E-state index >= 15 is 0 Å². The molecule has 0 heterocycles. The van der Waals surface area contributed by atoms with Gasteiger partial charge in [0.25, 0.3) is 0 Å². The molecule has 0 spiro atoms. The molecule has 7 heteroatoms. The van der Waals surface area contributed by atoms with Crippen molar-refractivity contribution in [2.24, 2.45) is 10.8 Å². The molecule has 118 valence electrons. The molecule has 2 aromatic rings. The summed E-state index contributed by atoms with van der Waals surface area (Å²) in [5, 5.41) is 7.06. The normalized spacial score (nSPS) is 10.7. The Morgan fingerprint density at radius 1 is 1.13 bits per heavy atom. The summed E-state index contributed by atoms with van der Waals surface area (Å²) < 4.78 is 5.11. The Morgan fingerprint density at radius 3 is 2.35 bits per heavy atom. The quantitative estimate of drug-likeness (QED) is 0.447. The monoisotopic (exact) mass is 328 g/mol. The Hall–Kier alpha value is -2.93. The van der Waals surface area contributed by atoms with Gasteiger partial charge in [-0.25, -0.2) is 10.2 Å². The topological polar surface area (TPSA) is 88.7 Å². The summed E-state index contributed by atoms with van der Waals surface area (Å²) in [6.45, 7) is 0. The van der Waals surface area contributed by atoms with Crippen molar-refractivity contribution in [3.05, 3.63) is 60.2 Å². The third kappa shape index (κ3) is 4.79. The summed E-state index contributed by atoms with van der Waals surface area (Å²) in [6, 6.07) is 15.8. The molecule has 0 atom stereocenters. The summed E-state index contributed by atoms with van der Waals surface area (Å²) in [5.74, 6) is 0.744. The number of urea groups is 1. The van der Waals surface area contributed by atoms with E-state index in [4.69, 9.17) is 22.7 Å². The van der Waals surface area contributed by atoms with Crippen molar-refractivity contribution in [2.45, 2.75) is 0 Å². The lowest BCUT2D eigenvalue weighted by Crippen LogP contribution is -2.30. The summed E-state index contributed by atoms with van der Waals surface area (Å²) >= 11 is 5.39. The number of ether oxygens (including phenoxy) is 1. The maximum Gasteiger partial charge on any atom is 0.332 e. The maximum absolute atomic E-state index is 10.9. The van der Waals surface area contributed by atoms with Crippen molar-refractivity contribution in [2.75, 3.05) is 12.4 Å². The molecule has 0 radical (unpaired) electrons. The minimum atomic E-state index is -0.759. The van der Waals surface area contributed by atoms with Gasteiger partial charge < -0.3 is 15.8 Å². The Kier molecular flexibility index (Phi) is 5.65. The summed E-state index contributed by atoms with van der Waals surface area (Å²) in [6.07, 6.45) is 0. The number of rotatable bonds is 5. The first-order valence-electron chi connectivity index (χ1n) is 6.74. The third-order valence-electron chi connectivity index (χ3n) is 2.89. The van der Waals surface area contributed by atoms with Crippen LogP contribution in [0.1, 0.15) is 5.56 Å². The van der Waals surface area contributed by atoms with E-state index in [1.807, 2.05) is 54.6 Å². The molecule has 0 aromatic heterocycles. The number of carbonyl (C=O) groups excluding carboxylic acids is 1. The predicted octanol–water partition coefficient (Wildman–Crippen LogP) is 2.51. The number of methoxy groups -OCH3 is 1. The number of nitrogens with zero attached hydrogens (tertiary/aromatic N) is 1. The van der Waals surface area contributed by atoms with Crippen molar-refractivity contribution in [1.82, 2.24) is 5.43 Å². The van der Waals surface area contributed by atoms with Gasteiger partial charge in [0.15, 0.2) is 0 Å². The molecule has 2 rings (SSSR count). The second-order valence-corrected chi connectivity index (χ2v) is 4.89. The van der Waals surface area contributed by atoms with Crippen molar-refractivity contribution in [3.8, 4) is 5.75 Å². The smallest absolute Gasteiger partial charge is 0.332 e. The molecular weight excluding hydrogens is 312 g/mol. The van der Waals surface area contributed by atoms with E-state index in [1.54, 1.807) is 7.11 Å². The van der Waals surface area contributed by atoms with Gasteiger partial charge in [0, 0.05) is 11.3 Å². The van der Waals surface area contributed by atoms with E-state index in [0.717, 1.165) is 17.0 Å². The van der Waals surface area contributed by atoms with Gasteiger partial charge in [-0.2, -0.15) is 5.10 Å². The lowest BCUT2D eigenvalue weighted by molar-refractivity contribution is 0.249. The fraction of sp³-hybridized carbons (Fsp3) is 0.0625. The maximum atomic E-state index is 10.9. The fourth-order valence-electron chi connectivity index (χ4n) is 1.82. The van der Waals surface area contributed by atoms with E-state index in [2.05, 4.69) is 15.8 Å². The Balaban J connectivity index is 2.22. The van der Waals surface area contributed by atoms with E-state index < -0.39 is 6.03 Å². The molecule has 2 amide bonds. The standard InChI is InChI=1S/C16H16N4O2S/c1-22-13-9-7-12(8-10-13)18-15(23)14(19-20-16(17)21)11-5-3-2-4-6-11/h2-10H,1H3,(H,18,23)(H3,17,20,21)/b19-14+. The summed E-state index contributed by atoms with van der Waals surface area (Å²) in [7, 11) is 1.60. The van der Waals surface area contributed by atoms with E-state index in [0.29, 0.717) is 10.7 Å². The molecular formula is C16H16N4O2S. The van der Waals surface area contributed by atoms with Gasteiger partial charge in [0.2, 0.25) is 0 Å². The third-order valence-corrected chi connectivity index (χ3v) is 3.18. The Labute approximate surface area is 139 Å². The molecule has 0 fully saturated rings. The van der Waals surface area contributed by atoms with Crippen LogP contribution in [0.5, 0.6) is 5.75 Å². The zero-order chi connectivity index (χ0) is 16.7. The number of nitrogens with two attached hydrogens (primary N) is 1. The molecule has 0 aliphatic rings. The first-order valence-corrected chi connectivity index (χ1v) is 7.15. The lowest BCUT2D eigenvalue weighted by Gasteiger charge is -2.11. The number of carbonyl (C=O) groups is 1. The van der Waals surface area contributed by atoms with Crippen LogP contribution in [0.2, 0.25) is 0 Å². The minimum Gasteiger partial charge on any atom is -0.497 e. The van der Waals surface area contributed by atoms with Crippen molar-refractivity contribution in [1.29, 1.82) is 0 Å². The number of hydrazone groups is 1. The number of hydrogen-bond acceptors (Lipinski definition) is 4. The Morgan fingerprint density at radius 2 is 1.78 bits per heavy atom. The van der Waals surface area contributed by atoms with E-state index in [1.165, 1.54) is 0 Å². The minimum absolute atomic E-state index is 0.357. The SMILES string of the molecule is COc1ccc(NC(=S)/C(=N/NC(N)=O)c2ccccc2)cc1. The first kappa shape index (κ1) is 16.4. The van der Waals surface area contributed by atoms with Crippen LogP contribution in [0.15, 0.2) is 59.7 Å². The number of hydrogen-bond donors (Lipinski definition) is 3. The second-order valence-electron chi connectivity index (χ2n) is 4.49. The number of nitrogens with one attached hydrogen (secondary N) is 2. The molecule has 6 nitrogen and oxygen atoms in total. The first-order chi connectivity index (χ1) is 11.1. The van der Waals surface area contributed by atoms with Gasteiger partial charge in [0.1, 0.15) is 16.4 Å². The zero-order valence-corrected chi connectivity index (χ0v) is 13.3. The number of thiocarbonyl (C=S) groups is 1. The molecule has 2 aromatic carbocycles. The molecule has 0 unspecified atom stereocenters. The van der Waals surface area contributed by atoms with Crippen LogP contribution < -0.4 is 21.2 Å². The van der Waals surface area contributed by atoms with Crippen LogP contribution in [-0.4, -0.2) is 23.8 Å². The van der Waals surface area contributed by atoms with Gasteiger partial charge in [0.05, 0.1) is 7.11 Å².